The van der Waals surface area contributed by atoms with E-state index in [0.717, 1.165) is 65.7 Å². The van der Waals surface area contributed by atoms with E-state index in [1.165, 1.54) is 12.1 Å². The minimum absolute atomic E-state index is 0.260. The van der Waals surface area contributed by atoms with E-state index >= 15 is 0 Å². The van der Waals surface area contributed by atoms with Gasteiger partial charge in [0.1, 0.15) is 29.1 Å². The van der Waals surface area contributed by atoms with E-state index in [2.05, 4.69) is 35.0 Å². The lowest BCUT2D eigenvalue weighted by Gasteiger charge is -2.35. The molecule has 0 radical (unpaired) electrons. The van der Waals surface area contributed by atoms with E-state index in [9.17, 15) is 4.39 Å². The summed E-state index contributed by atoms with van der Waals surface area (Å²) in [5.41, 5.74) is 4.38. The highest BCUT2D eigenvalue weighted by molar-refractivity contribution is 5.76. The smallest absolute Gasteiger partial charge is 0.225 e. The molecule has 0 N–H and O–H groups in total. The predicted octanol–water partition coefficient (Wildman–Crippen LogP) is 3.62. The molecular formula is C24H21FN8O. The first kappa shape index (κ1) is 20.3. The molecule has 0 amide bonds. The van der Waals surface area contributed by atoms with Gasteiger partial charge in [0, 0.05) is 62.0 Å². The van der Waals surface area contributed by atoms with Crippen molar-refractivity contribution in [1.82, 2.24) is 29.7 Å². The number of nitrogens with zero attached hydrogens (tertiary/aromatic N) is 8. The molecule has 34 heavy (non-hydrogen) atoms. The van der Waals surface area contributed by atoms with E-state index in [4.69, 9.17) is 4.52 Å². The fourth-order valence-corrected chi connectivity index (χ4v) is 4.20. The molecule has 1 aromatic carbocycles. The zero-order valence-electron chi connectivity index (χ0n) is 18.5. The number of halogens is 1. The number of hydrogen-bond donors (Lipinski definition) is 0. The third-order valence-electron chi connectivity index (χ3n) is 5.99. The summed E-state index contributed by atoms with van der Waals surface area (Å²) in [7, 11) is 0. The number of piperazine rings is 1. The van der Waals surface area contributed by atoms with Gasteiger partial charge in [-0.25, -0.2) is 23.9 Å². The molecule has 0 atom stereocenters. The van der Waals surface area contributed by atoms with Gasteiger partial charge in [-0.15, -0.1) is 0 Å². The molecule has 0 aliphatic carbocycles. The lowest BCUT2D eigenvalue weighted by Crippen LogP contribution is -2.47. The molecule has 5 heterocycles. The first-order valence-corrected chi connectivity index (χ1v) is 11.0. The minimum atomic E-state index is -0.260. The van der Waals surface area contributed by atoms with Crippen LogP contribution in [0.15, 0.2) is 65.8 Å². The third-order valence-corrected chi connectivity index (χ3v) is 5.99. The Morgan fingerprint density at radius 3 is 2.29 bits per heavy atom. The van der Waals surface area contributed by atoms with E-state index in [-0.39, 0.29) is 5.82 Å². The Balaban J connectivity index is 1.18. The van der Waals surface area contributed by atoms with Crippen molar-refractivity contribution >= 4 is 17.3 Å². The van der Waals surface area contributed by atoms with Crippen LogP contribution < -0.4 is 9.80 Å². The third kappa shape index (κ3) is 3.72. The average molecular weight is 456 g/mol. The molecule has 0 unspecified atom stereocenters. The number of aryl methyl sites for hydroxylation is 1. The van der Waals surface area contributed by atoms with E-state index in [1.54, 1.807) is 30.9 Å². The van der Waals surface area contributed by atoms with Crippen LogP contribution in [0, 0.1) is 12.7 Å². The summed E-state index contributed by atoms with van der Waals surface area (Å²) in [6, 6.07) is 10.3. The zero-order valence-corrected chi connectivity index (χ0v) is 18.5. The normalized spacial score (nSPS) is 14.2. The zero-order chi connectivity index (χ0) is 23.1. The average Bonchev–Trinajstić information content (AvgIpc) is 3.51. The summed E-state index contributed by atoms with van der Waals surface area (Å²) in [5.74, 6) is 2.07. The molecule has 4 aromatic heterocycles. The van der Waals surface area contributed by atoms with Crippen molar-refractivity contribution in [1.29, 1.82) is 0 Å². The molecule has 10 heteroatoms. The highest BCUT2D eigenvalue weighted by Crippen LogP contribution is 2.27. The largest absolute Gasteiger partial charge is 0.361 e. The Kier molecular flexibility index (Phi) is 4.90. The Hall–Kier alpha value is -4.34. The Morgan fingerprint density at radius 2 is 1.59 bits per heavy atom. The van der Waals surface area contributed by atoms with Crippen LogP contribution >= 0.6 is 0 Å². The molecule has 0 spiro atoms. The molecule has 1 fully saturated rings. The summed E-state index contributed by atoms with van der Waals surface area (Å²) in [6.07, 6.45) is 7.07. The second kappa shape index (κ2) is 8.22. The van der Waals surface area contributed by atoms with E-state index in [1.807, 2.05) is 29.8 Å². The lowest BCUT2D eigenvalue weighted by atomic mass is 10.1. The maximum absolute atomic E-state index is 13.2. The van der Waals surface area contributed by atoms with E-state index < -0.39 is 0 Å². The molecule has 170 valence electrons. The standard InChI is InChI=1S/C24H21FN8O/c1-16-10-21(30-34-16)18-11-22-23(28-15-29-33(22)14-18)31-6-8-32(9-7-31)24-26-12-19(13-27-24)17-2-4-20(25)5-3-17/h2-5,10-15H,6-9H2,1H3. The van der Waals surface area contributed by atoms with Gasteiger partial charge >= 0.3 is 0 Å². The fourth-order valence-electron chi connectivity index (χ4n) is 4.20. The van der Waals surface area contributed by atoms with Crippen molar-refractivity contribution < 1.29 is 8.91 Å². The monoisotopic (exact) mass is 456 g/mol. The topological polar surface area (TPSA) is 88.5 Å². The number of fused-ring (bicyclic) bond motifs is 1. The second-order valence-corrected chi connectivity index (χ2v) is 8.22. The summed E-state index contributed by atoms with van der Waals surface area (Å²) in [4.78, 5) is 18.1. The van der Waals surface area contributed by atoms with Crippen LogP contribution in [0.5, 0.6) is 0 Å². The van der Waals surface area contributed by atoms with Crippen molar-refractivity contribution in [2.45, 2.75) is 6.92 Å². The highest BCUT2D eigenvalue weighted by Gasteiger charge is 2.22. The van der Waals surface area contributed by atoms with Crippen molar-refractivity contribution in [3.8, 4) is 22.4 Å². The van der Waals surface area contributed by atoms with Crippen LogP contribution in [0.2, 0.25) is 0 Å². The summed E-state index contributed by atoms with van der Waals surface area (Å²) < 4.78 is 20.2. The molecule has 1 saturated heterocycles. The molecule has 9 nitrogen and oxygen atoms in total. The second-order valence-electron chi connectivity index (χ2n) is 8.22. The Bertz CT molecular complexity index is 1440. The van der Waals surface area contributed by atoms with Crippen LogP contribution in [0.1, 0.15) is 5.76 Å². The van der Waals surface area contributed by atoms with Gasteiger partial charge in [0.25, 0.3) is 0 Å². The quantitative estimate of drug-likeness (QED) is 0.405. The van der Waals surface area contributed by atoms with Gasteiger partial charge < -0.3 is 14.3 Å². The number of benzene rings is 1. The number of rotatable bonds is 4. The van der Waals surface area contributed by atoms with Crippen molar-refractivity contribution in [2.75, 3.05) is 36.0 Å². The van der Waals surface area contributed by atoms with Gasteiger partial charge in [-0.05, 0) is 30.7 Å². The Labute approximate surface area is 194 Å². The van der Waals surface area contributed by atoms with Crippen molar-refractivity contribution in [3.63, 3.8) is 0 Å². The first-order valence-electron chi connectivity index (χ1n) is 11.0. The SMILES string of the molecule is Cc1cc(-c2cc3c(N4CCN(c5ncc(-c6ccc(F)cc6)cn5)CC4)ncnn3c2)no1. The van der Waals surface area contributed by atoms with Crippen LogP contribution in [-0.2, 0) is 0 Å². The lowest BCUT2D eigenvalue weighted by molar-refractivity contribution is 0.399. The predicted molar refractivity (Wildman–Crippen MR) is 125 cm³/mol. The molecule has 0 saturated carbocycles. The molecule has 1 aliphatic rings. The fraction of sp³-hybridized carbons (Fsp3) is 0.208. The number of aromatic nitrogens is 6. The van der Waals surface area contributed by atoms with Crippen LogP contribution in [0.4, 0.5) is 16.2 Å². The van der Waals surface area contributed by atoms with Gasteiger partial charge in [0.15, 0.2) is 5.82 Å². The maximum atomic E-state index is 13.2. The number of anilines is 2. The summed E-state index contributed by atoms with van der Waals surface area (Å²) in [5, 5.41) is 8.47. The highest BCUT2D eigenvalue weighted by atomic mass is 19.1. The van der Waals surface area contributed by atoms with Gasteiger partial charge in [0.05, 0.1) is 0 Å². The first-order chi connectivity index (χ1) is 16.6. The molecule has 0 bridgehead atoms. The summed E-state index contributed by atoms with van der Waals surface area (Å²) >= 11 is 0. The van der Waals surface area contributed by atoms with Gasteiger partial charge in [-0.1, -0.05) is 17.3 Å². The van der Waals surface area contributed by atoms with Crippen molar-refractivity contribution in [3.05, 3.63) is 72.9 Å². The molecule has 5 aromatic rings. The maximum Gasteiger partial charge on any atom is 0.225 e. The number of hydrogen-bond acceptors (Lipinski definition) is 8. The van der Waals surface area contributed by atoms with Gasteiger partial charge in [-0.2, -0.15) is 5.10 Å². The summed E-state index contributed by atoms with van der Waals surface area (Å²) in [6.45, 7) is 4.96. The molecule has 6 rings (SSSR count). The van der Waals surface area contributed by atoms with E-state index in [0.29, 0.717) is 5.95 Å². The van der Waals surface area contributed by atoms with Crippen LogP contribution in [-0.4, -0.2) is 55.9 Å². The minimum Gasteiger partial charge on any atom is -0.361 e. The molecule has 1 aliphatic heterocycles. The van der Waals surface area contributed by atoms with Crippen LogP contribution in [0.25, 0.3) is 27.9 Å². The van der Waals surface area contributed by atoms with Gasteiger partial charge in [0.2, 0.25) is 5.95 Å². The van der Waals surface area contributed by atoms with Crippen molar-refractivity contribution in [2.24, 2.45) is 0 Å². The molecular weight excluding hydrogens is 435 g/mol. The van der Waals surface area contributed by atoms with Crippen LogP contribution in [0.3, 0.4) is 0 Å². The van der Waals surface area contributed by atoms with Gasteiger partial charge in [-0.3, -0.25) is 0 Å². The Morgan fingerprint density at radius 1 is 0.853 bits per heavy atom.